The van der Waals surface area contributed by atoms with E-state index in [0.29, 0.717) is 0 Å². The SMILES string of the molecule is [C-]#[N+]c1ccccc1[Si](C)(C)C. The average Bonchev–Trinajstić information content (AvgIpc) is 2.03. The molecule has 0 aliphatic rings. The summed E-state index contributed by atoms with van der Waals surface area (Å²) in [6.45, 7) is 13.8. The molecule has 1 rings (SSSR count). The molecule has 0 amide bonds. The molecule has 0 radical (unpaired) electrons. The monoisotopic (exact) mass is 175 g/mol. The molecule has 0 aliphatic carbocycles. The molecule has 2 heteroatoms. The van der Waals surface area contributed by atoms with Crippen molar-refractivity contribution in [3.63, 3.8) is 0 Å². The zero-order valence-electron chi connectivity index (χ0n) is 7.76. The fourth-order valence-corrected chi connectivity index (χ4v) is 2.71. The van der Waals surface area contributed by atoms with Gasteiger partial charge >= 0.3 is 0 Å². The summed E-state index contributed by atoms with van der Waals surface area (Å²) >= 11 is 0. The number of para-hydroxylation sites is 1. The molecule has 0 aliphatic heterocycles. The minimum absolute atomic E-state index is 0.830. The zero-order chi connectivity index (χ0) is 9.19. The topological polar surface area (TPSA) is 4.36 Å². The van der Waals surface area contributed by atoms with E-state index in [1.165, 1.54) is 5.19 Å². The summed E-state index contributed by atoms with van der Waals surface area (Å²) < 4.78 is 0. The van der Waals surface area contributed by atoms with Crippen molar-refractivity contribution in [2.24, 2.45) is 0 Å². The first-order valence-electron chi connectivity index (χ1n) is 4.02. The van der Waals surface area contributed by atoms with Crippen LogP contribution in [0, 0.1) is 6.57 Å². The van der Waals surface area contributed by atoms with Gasteiger partial charge in [0.1, 0.15) is 0 Å². The van der Waals surface area contributed by atoms with E-state index >= 15 is 0 Å². The van der Waals surface area contributed by atoms with Crippen LogP contribution >= 0.6 is 0 Å². The molecule has 0 heterocycles. The molecule has 0 atom stereocenters. The van der Waals surface area contributed by atoms with Crippen molar-refractivity contribution >= 4 is 18.9 Å². The van der Waals surface area contributed by atoms with E-state index in [2.05, 4.69) is 30.6 Å². The Morgan fingerprint density at radius 3 is 2.17 bits per heavy atom. The first-order valence-corrected chi connectivity index (χ1v) is 7.52. The average molecular weight is 175 g/mol. The first kappa shape index (κ1) is 9.02. The lowest BCUT2D eigenvalue weighted by molar-refractivity contribution is 1.68. The van der Waals surface area contributed by atoms with Crippen molar-refractivity contribution in [1.29, 1.82) is 0 Å². The van der Waals surface area contributed by atoms with Gasteiger partial charge in [0, 0.05) is 0 Å². The number of hydrogen-bond donors (Lipinski definition) is 0. The van der Waals surface area contributed by atoms with Crippen LogP contribution in [0.15, 0.2) is 24.3 Å². The summed E-state index contributed by atoms with van der Waals surface area (Å²) in [6.07, 6.45) is 0. The highest BCUT2D eigenvalue weighted by atomic mass is 28.3. The van der Waals surface area contributed by atoms with Crippen LogP contribution in [0.25, 0.3) is 4.85 Å². The number of rotatable bonds is 1. The second kappa shape index (κ2) is 3.12. The molecule has 1 aromatic rings. The lowest BCUT2D eigenvalue weighted by Gasteiger charge is -2.17. The molecule has 0 saturated carbocycles. The minimum atomic E-state index is -1.31. The molecule has 1 nitrogen and oxygen atoms in total. The molecular formula is C10H13NSi. The van der Waals surface area contributed by atoms with Gasteiger partial charge in [-0.05, 0) is 0 Å². The predicted octanol–water partition coefficient (Wildman–Crippen LogP) is 2.78. The summed E-state index contributed by atoms with van der Waals surface area (Å²) in [7, 11) is -1.31. The Morgan fingerprint density at radius 1 is 1.17 bits per heavy atom. The van der Waals surface area contributed by atoms with Gasteiger partial charge < -0.3 is 0 Å². The minimum Gasteiger partial charge on any atom is -0.238 e. The van der Waals surface area contributed by atoms with Crippen LogP contribution in [-0.2, 0) is 0 Å². The van der Waals surface area contributed by atoms with Crippen molar-refractivity contribution in [2.45, 2.75) is 19.6 Å². The molecular weight excluding hydrogens is 162 g/mol. The molecule has 12 heavy (non-hydrogen) atoms. The Hall–Kier alpha value is -1.07. The van der Waals surface area contributed by atoms with E-state index in [0.717, 1.165) is 5.69 Å². The van der Waals surface area contributed by atoms with Crippen molar-refractivity contribution in [1.82, 2.24) is 0 Å². The van der Waals surface area contributed by atoms with E-state index in [1.54, 1.807) is 0 Å². The first-order chi connectivity index (χ1) is 5.55. The van der Waals surface area contributed by atoms with E-state index < -0.39 is 8.07 Å². The van der Waals surface area contributed by atoms with Gasteiger partial charge in [-0.1, -0.05) is 49.1 Å². The summed E-state index contributed by atoms with van der Waals surface area (Å²) in [6, 6.07) is 7.93. The van der Waals surface area contributed by atoms with Gasteiger partial charge in [0.15, 0.2) is 5.69 Å². The van der Waals surface area contributed by atoms with Gasteiger partial charge in [0.05, 0.1) is 14.6 Å². The van der Waals surface area contributed by atoms with Crippen LogP contribution in [0.2, 0.25) is 19.6 Å². The molecule has 0 fully saturated rings. The van der Waals surface area contributed by atoms with E-state index in [-0.39, 0.29) is 0 Å². The number of benzene rings is 1. The van der Waals surface area contributed by atoms with Crippen molar-refractivity contribution < 1.29 is 0 Å². The van der Waals surface area contributed by atoms with E-state index in [1.807, 2.05) is 18.2 Å². The highest BCUT2D eigenvalue weighted by Gasteiger charge is 2.18. The highest BCUT2D eigenvalue weighted by Crippen LogP contribution is 2.13. The predicted molar refractivity (Wildman–Crippen MR) is 55.7 cm³/mol. The maximum atomic E-state index is 7.01. The fraction of sp³-hybridized carbons (Fsp3) is 0.300. The number of hydrogen-bond acceptors (Lipinski definition) is 0. The molecule has 0 N–H and O–H groups in total. The van der Waals surface area contributed by atoms with E-state index in [4.69, 9.17) is 6.57 Å². The smallest absolute Gasteiger partial charge is 0.186 e. The van der Waals surface area contributed by atoms with Crippen molar-refractivity contribution in [2.75, 3.05) is 0 Å². The van der Waals surface area contributed by atoms with E-state index in [9.17, 15) is 0 Å². The zero-order valence-corrected chi connectivity index (χ0v) is 8.76. The van der Waals surface area contributed by atoms with Crippen LogP contribution in [0.3, 0.4) is 0 Å². The normalized spacial score (nSPS) is 10.8. The van der Waals surface area contributed by atoms with Gasteiger partial charge in [0.25, 0.3) is 0 Å². The standard InChI is InChI=1S/C10H13NSi/c1-11-9-7-5-6-8-10(9)12(2,3)4/h5-8H,2-4H3. The Bertz CT molecular complexity index is 317. The highest BCUT2D eigenvalue weighted by molar-refractivity contribution is 6.89. The lowest BCUT2D eigenvalue weighted by atomic mass is 10.3. The molecule has 0 aromatic heterocycles. The van der Waals surface area contributed by atoms with Crippen LogP contribution in [0.1, 0.15) is 0 Å². The molecule has 0 unspecified atom stereocenters. The van der Waals surface area contributed by atoms with Gasteiger partial charge in [-0.25, -0.2) is 4.85 Å². The second-order valence-electron chi connectivity index (χ2n) is 3.88. The Balaban J connectivity index is 3.26. The van der Waals surface area contributed by atoms with Gasteiger partial charge in [-0.15, -0.1) is 0 Å². The quantitative estimate of drug-likeness (QED) is 0.456. The molecule has 0 saturated heterocycles. The Morgan fingerprint density at radius 2 is 1.75 bits per heavy atom. The van der Waals surface area contributed by atoms with Gasteiger partial charge in [-0.3, -0.25) is 0 Å². The van der Waals surface area contributed by atoms with Gasteiger partial charge in [-0.2, -0.15) is 0 Å². The third kappa shape index (κ3) is 1.75. The summed E-state index contributed by atoms with van der Waals surface area (Å²) in [5.41, 5.74) is 0.830. The van der Waals surface area contributed by atoms with Crippen LogP contribution in [0.5, 0.6) is 0 Å². The molecule has 1 aromatic carbocycles. The molecule has 0 spiro atoms. The number of nitrogens with zero attached hydrogens (tertiary/aromatic N) is 1. The maximum Gasteiger partial charge on any atom is 0.186 e. The second-order valence-corrected chi connectivity index (χ2v) is 8.92. The van der Waals surface area contributed by atoms with Crippen LogP contribution in [0.4, 0.5) is 5.69 Å². The Labute approximate surface area is 74.9 Å². The molecule has 0 bridgehead atoms. The largest absolute Gasteiger partial charge is 0.238 e. The Kier molecular flexibility index (Phi) is 2.34. The van der Waals surface area contributed by atoms with Crippen molar-refractivity contribution in [3.8, 4) is 0 Å². The molecule has 62 valence electrons. The van der Waals surface area contributed by atoms with Crippen LogP contribution in [-0.4, -0.2) is 8.07 Å². The third-order valence-corrected chi connectivity index (χ3v) is 3.87. The van der Waals surface area contributed by atoms with Crippen LogP contribution < -0.4 is 5.19 Å². The fourth-order valence-electron chi connectivity index (χ4n) is 1.21. The lowest BCUT2D eigenvalue weighted by Crippen LogP contribution is -2.37. The maximum absolute atomic E-state index is 7.01. The van der Waals surface area contributed by atoms with Crippen molar-refractivity contribution in [3.05, 3.63) is 35.7 Å². The summed E-state index contributed by atoms with van der Waals surface area (Å²) in [4.78, 5) is 3.52. The summed E-state index contributed by atoms with van der Waals surface area (Å²) in [5.74, 6) is 0. The third-order valence-electron chi connectivity index (χ3n) is 1.83. The summed E-state index contributed by atoms with van der Waals surface area (Å²) in [5, 5.41) is 1.26. The van der Waals surface area contributed by atoms with Gasteiger partial charge in [0.2, 0.25) is 0 Å².